The largest absolute Gasteiger partial charge is 0.490 e. The molecule has 64 heavy (non-hydrogen) atoms. The molecule has 0 unspecified atom stereocenters. The molecular formula is C49H52ClN9O5. The Labute approximate surface area is 378 Å². The van der Waals surface area contributed by atoms with Gasteiger partial charge in [0.15, 0.2) is 11.5 Å². The Morgan fingerprint density at radius 1 is 0.969 bits per heavy atom. The Kier molecular flexibility index (Phi) is 13.3. The van der Waals surface area contributed by atoms with E-state index in [1.807, 2.05) is 23.2 Å². The molecule has 3 aliphatic heterocycles. The fourth-order valence-electron chi connectivity index (χ4n) is 9.39. The van der Waals surface area contributed by atoms with Gasteiger partial charge in [0, 0.05) is 93.2 Å². The normalized spacial score (nSPS) is 19.3. The SMILES string of the molecule is CC(=O)N1CCc2c(c(-c3cccc4cc(C#CCOCC5CCN(c6ccc(C(=O)NC7CCC(Oc8ccc(C#N)c(Cl)c8)CC7)nn6)CC5)ncc34)nn2C2CCOCC2)C1. The summed E-state index contributed by atoms with van der Waals surface area (Å²) in [5.74, 6) is 8.04. The van der Waals surface area contributed by atoms with E-state index in [0.29, 0.717) is 66.0 Å². The van der Waals surface area contributed by atoms with E-state index in [4.69, 9.17) is 41.2 Å². The van der Waals surface area contributed by atoms with E-state index >= 15 is 0 Å². The van der Waals surface area contributed by atoms with Crippen molar-refractivity contribution in [2.45, 2.75) is 89.4 Å². The Balaban J connectivity index is 0.728. The quantitative estimate of drug-likeness (QED) is 0.113. The van der Waals surface area contributed by atoms with Crippen LogP contribution in [-0.4, -0.2) is 99.9 Å². The number of fused-ring (bicyclic) bond motifs is 2. The van der Waals surface area contributed by atoms with Crippen LogP contribution in [0.1, 0.15) is 97.3 Å². The molecular weight excluding hydrogens is 830 g/mol. The van der Waals surface area contributed by atoms with E-state index in [1.54, 1.807) is 31.2 Å². The van der Waals surface area contributed by atoms with Crippen LogP contribution < -0.4 is 15.0 Å². The number of ether oxygens (including phenoxy) is 3. The predicted molar refractivity (Wildman–Crippen MR) is 242 cm³/mol. The zero-order valence-corrected chi connectivity index (χ0v) is 36.9. The number of halogens is 1. The predicted octanol–water partition coefficient (Wildman–Crippen LogP) is 7.07. The Hall–Kier alpha value is -6.06. The van der Waals surface area contributed by atoms with E-state index in [1.165, 1.54) is 5.69 Å². The lowest BCUT2D eigenvalue weighted by molar-refractivity contribution is -0.129. The van der Waals surface area contributed by atoms with Gasteiger partial charge in [0.1, 0.15) is 24.1 Å². The summed E-state index contributed by atoms with van der Waals surface area (Å²) in [4.78, 5) is 34.3. The number of piperidine rings is 1. The third-order valence-corrected chi connectivity index (χ3v) is 13.3. The number of aromatic nitrogens is 5. The first kappa shape index (κ1) is 43.2. The fourth-order valence-corrected chi connectivity index (χ4v) is 9.61. The van der Waals surface area contributed by atoms with E-state index in [0.717, 1.165) is 118 Å². The van der Waals surface area contributed by atoms with Gasteiger partial charge in [-0.05, 0) is 98.9 Å². The zero-order valence-electron chi connectivity index (χ0n) is 36.1. The van der Waals surface area contributed by atoms with Crippen LogP contribution >= 0.6 is 11.6 Å². The van der Waals surface area contributed by atoms with E-state index < -0.39 is 0 Å². The van der Waals surface area contributed by atoms with Crippen molar-refractivity contribution in [1.29, 1.82) is 5.26 Å². The topological polar surface area (TPSA) is 161 Å². The third-order valence-electron chi connectivity index (χ3n) is 13.0. The summed E-state index contributed by atoms with van der Waals surface area (Å²) in [5, 5.41) is 28.6. The molecule has 0 bridgehead atoms. The van der Waals surface area contributed by atoms with Crippen molar-refractivity contribution in [2.75, 3.05) is 51.0 Å². The molecule has 3 aromatic heterocycles. The second-order valence-corrected chi connectivity index (χ2v) is 17.6. The molecule has 2 amide bonds. The van der Waals surface area contributed by atoms with Crippen LogP contribution in [0.2, 0.25) is 5.02 Å². The summed E-state index contributed by atoms with van der Waals surface area (Å²) in [5.41, 5.74) is 5.71. The van der Waals surface area contributed by atoms with Gasteiger partial charge in [0.05, 0.1) is 35.0 Å². The molecule has 0 radical (unpaired) electrons. The standard InChI is InChI=1S/C49H52ClN9O5/c1-32(60)58-22-17-46-43(30-58)48(56-59(46)38-18-24-62-25-19-38)41-6-2-4-34-26-37(52-29-42(34)41)5-3-23-63-31-33-15-20-57(21-16-33)47-14-13-45(54-55-47)49(61)53-36-8-11-39(12-9-36)64-40-10-7-35(28-51)44(50)27-40/h2,4,6-7,10,13-14,26-27,29,33,36,38-39H,8-9,11-12,15-25,30-31H2,1H3,(H,53,61). The maximum Gasteiger partial charge on any atom is 0.272 e. The molecule has 4 aliphatic rings. The highest BCUT2D eigenvalue weighted by atomic mass is 35.5. The lowest BCUT2D eigenvalue weighted by atomic mass is 9.93. The van der Waals surface area contributed by atoms with Gasteiger partial charge < -0.3 is 29.3 Å². The molecule has 15 heteroatoms. The van der Waals surface area contributed by atoms with Crippen LogP contribution in [-0.2, 0) is 27.2 Å². The second kappa shape index (κ2) is 19.8. The minimum absolute atomic E-state index is 0.0247. The molecule has 9 rings (SSSR count). The number of nitrogens with one attached hydrogen (secondary N) is 1. The smallest absolute Gasteiger partial charge is 0.272 e. The van der Waals surface area contributed by atoms with Gasteiger partial charge in [-0.2, -0.15) is 10.4 Å². The van der Waals surface area contributed by atoms with Crippen molar-refractivity contribution < 1.29 is 23.8 Å². The van der Waals surface area contributed by atoms with Crippen molar-refractivity contribution in [3.05, 3.63) is 94.0 Å². The molecule has 2 aromatic carbocycles. The maximum atomic E-state index is 13.0. The molecule has 14 nitrogen and oxygen atoms in total. The highest BCUT2D eigenvalue weighted by molar-refractivity contribution is 6.31. The number of amides is 2. The molecule has 1 saturated carbocycles. The highest BCUT2D eigenvalue weighted by Crippen LogP contribution is 2.37. The molecule has 6 heterocycles. The summed E-state index contributed by atoms with van der Waals surface area (Å²) in [6.45, 7) is 6.98. The van der Waals surface area contributed by atoms with Gasteiger partial charge in [-0.15, -0.1) is 10.2 Å². The number of hydrogen-bond donors (Lipinski definition) is 1. The molecule has 1 N–H and O–H groups in total. The van der Waals surface area contributed by atoms with Crippen LogP contribution in [0.25, 0.3) is 22.0 Å². The number of hydrogen-bond acceptors (Lipinski definition) is 11. The summed E-state index contributed by atoms with van der Waals surface area (Å²) < 4.78 is 20.0. The van der Waals surface area contributed by atoms with Crippen molar-refractivity contribution in [1.82, 2.24) is 35.2 Å². The van der Waals surface area contributed by atoms with Crippen molar-refractivity contribution >= 4 is 40.0 Å². The first-order valence-electron chi connectivity index (χ1n) is 22.4. The number of nitriles is 1. The number of benzene rings is 2. The van der Waals surface area contributed by atoms with Gasteiger partial charge in [0.2, 0.25) is 5.91 Å². The molecule has 0 atom stereocenters. The minimum atomic E-state index is -0.223. The number of carbonyl (C=O) groups is 2. The fraction of sp³-hybridized carbons (Fsp3) is 0.449. The molecule has 330 valence electrons. The van der Waals surface area contributed by atoms with E-state index in [9.17, 15) is 9.59 Å². The zero-order chi connectivity index (χ0) is 44.0. The summed E-state index contributed by atoms with van der Waals surface area (Å²) in [6, 6.07) is 19.4. The van der Waals surface area contributed by atoms with Crippen LogP contribution in [0.3, 0.4) is 0 Å². The number of rotatable bonds is 10. The Morgan fingerprint density at radius 3 is 2.55 bits per heavy atom. The van der Waals surface area contributed by atoms with Crippen LogP contribution in [0.4, 0.5) is 5.82 Å². The van der Waals surface area contributed by atoms with Gasteiger partial charge in [-0.25, -0.2) is 4.98 Å². The lowest BCUT2D eigenvalue weighted by Gasteiger charge is -2.32. The number of nitrogens with zero attached hydrogens (tertiary/aromatic N) is 8. The second-order valence-electron chi connectivity index (χ2n) is 17.2. The van der Waals surface area contributed by atoms with Gasteiger partial charge in [0.25, 0.3) is 5.91 Å². The van der Waals surface area contributed by atoms with Gasteiger partial charge in [-0.1, -0.05) is 35.7 Å². The van der Waals surface area contributed by atoms with Crippen molar-refractivity contribution in [3.63, 3.8) is 0 Å². The van der Waals surface area contributed by atoms with Crippen LogP contribution in [0.5, 0.6) is 5.75 Å². The third kappa shape index (κ3) is 9.85. The van der Waals surface area contributed by atoms with Gasteiger partial charge in [-0.3, -0.25) is 14.3 Å². The maximum absolute atomic E-state index is 13.0. The number of anilines is 1. The summed E-state index contributed by atoms with van der Waals surface area (Å²) >= 11 is 6.16. The van der Waals surface area contributed by atoms with E-state index in [-0.39, 0.29) is 24.0 Å². The first-order valence-corrected chi connectivity index (χ1v) is 22.8. The number of carbonyl (C=O) groups excluding carboxylic acids is 2. The average molecular weight is 882 g/mol. The molecule has 0 spiro atoms. The highest BCUT2D eigenvalue weighted by Gasteiger charge is 2.31. The Morgan fingerprint density at radius 2 is 1.80 bits per heavy atom. The molecule has 2 saturated heterocycles. The van der Waals surface area contributed by atoms with Crippen LogP contribution in [0, 0.1) is 29.1 Å². The van der Waals surface area contributed by atoms with Crippen LogP contribution in [0.15, 0.2) is 60.8 Å². The van der Waals surface area contributed by atoms with Crippen molar-refractivity contribution in [2.24, 2.45) is 5.92 Å². The minimum Gasteiger partial charge on any atom is -0.490 e. The first-order chi connectivity index (χ1) is 31.3. The molecule has 1 aliphatic carbocycles. The lowest BCUT2D eigenvalue weighted by Crippen LogP contribution is -2.40. The molecule has 5 aromatic rings. The van der Waals surface area contributed by atoms with E-state index in [2.05, 4.69) is 61.2 Å². The number of pyridine rings is 1. The Bertz CT molecular complexity index is 2600. The summed E-state index contributed by atoms with van der Waals surface area (Å²) in [7, 11) is 0. The van der Waals surface area contributed by atoms with Gasteiger partial charge >= 0.3 is 0 Å². The average Bonchev–Trinajstić information content (AvgIpc) is 3.71. The van der Waals surface area contributed by atoms with Crippen molar-refractivity contribution in [3.8, 4) is 34.9 Å². The summed E-state index contributed by atoms with van der Waals surface area (Å²) in [6.07, 6.45) is 9.66. The monoisotopic (exact) mass is 881 g/mol. The molecule has 3 fully saturated rings.